The van der Waals surface area contributed by atoms with Gasteiger partial charge in [-0.25, -0.2) is 0 Å². The molecular weight excluding hydrogens is 535 g/mol. The number of Topliss-reactive ketones (excluding diaryl/α,β-unsaturated/α-hetero) is 1. The molecule has 3 aromatic carbocycles. The van der Waals surface area contributed by atoms with E-state index in [-0.39, 0.29) is 34.6 Å². The second kappa shape index (κ2) is 11.5. The monoisotopic (exact) mass is 552 g/mol. The predicted molar refractivity (Wildman–Crippen MR) is 142 cm³/mol. The lowest BCUT2D eigenvalue weighted by Gasteiger charge is -2.14. The Kier molecular flexibility index (Phi) is 8.19. The number of nitriles is 1. The van der Waals surface area contributed by atoms with Crippen molar-refractivity contribution in [3.63, 3.8) is 0 Å². The van der Waals surface area contributed by atoms with Gasteiger partial charge in [0.2, 0.25) is 0 Å². The van der Waals surface area contributed by atoms with E-state index in [2.05, 4.69) is 6.07 Å². The topological polar surface area (TPSA) is 96.7 Å². The summed E-state index contributed by atoms with van der Waals surface area (Å²) < 4.78 is 11.3. The smallest absolute Gasteiger partial charge is 0.293 e. The summed E-state index contributed by atoms with van der Waals surface area (Å²) in [7, 11) is 1.45. The fourth-order valence-electron chi connectivity index (χ4n) is 3.53. The second-order valence-electron chi connectivity index (χ2n) is 7.79. The first-order chi connectivity index (χ1) is 17.8. The van der Waals surface area contributed by atoms with Crippen molar-refractivity contribution in [1.29, 1.82) is 5.26 Å². The molecule has 0 atom stereocenters. The van der Waals surface area contributed by atoms with E-state index in [1.807, 2.05) is 0 Å². The molecule has 0 radical (unpaired) electrons. The molecule has 7 nitrogen and oxygen atoms in total. The lowest BCUT2D eigenvalue weighted by Crippen LogP contribution is -2.33. The van der Waals surface area contributed by atoms with Crippen LogP contribution in [0.4, 0.5) is 4.79 Å². The molecule has 3 aromatic rings. The van der Waals surface area contributed by atoms with Gasteiger partial charge >= 0.3 is 0 Å². The number of benzene rings is 3. The summed E-state index contributed by atoms with van der Waals surface area (Å²) in [6.07, 6.45) is 1.50. The number of thioether (sulfide) groups is 1. The number of imide groups is 1. The van der Waals surface area contributed by atoms with Gasteiger partial charge in [-0.2, -0.15) is 5.26 Å². The molecule has 4 rings (SSSR count). The van der Waals surface area contributed by atoms with E-state index < -0.39 is 11.1 Å². The highest BCUT2D eigenvalue weighted by molar-refractivity contribution is 8.18. The molecule has 37 heavy (non-hydrogen) atoms. The minimum atomic E-state index is -0.583. The molecule has 2 amide bonds. The van der Waals surface area contributed by atoms with Crippen LogP contribution in [-0.2, 0) is 11.4 Å². The third kappa shape index (κ3) is 5.97. The highest BCUT2D eigenvalue weighted by Gasteiger charge is 2.36. The van der Waals surface area contributed by atoms with Gasteiger partial charge in [0.15, 0.2) is 17.3 Å². The van der Waals surface area contributed by atoms with Crippen molar-refractivity contribution in [1.82, 2.24) is 4.90 Å². The number of hydrogen-bond acceptors (Lipinski definition) is 7. The maximum atomic E-state index is 12.9. The molecule has 0 spiro atoms. The van der Waals surface area contributed by atoms with E-state index in [4.69, 9.17) is 32.7 Å². The van der Waals surface area contributed by atoms with E-state index in [0.29, 0.717) is 33.0 Å². The van der Waals surface area contributed by atoms with Crippen LogP contribution >= 0.6 is 35.0 Å². The Bertz CT molecular complexity index is 1460. The minimum Gasteiger partial charge on any atom is -0.493 e. The first-order valence-corrected chi connectivity index (χ1v) is 12.4. The van der Waals surface area contributed by atoms with Crippen molar-refractivity contribution < 1.29 is 23.9 Å². The third-order valence-electron chi connectivity index (χ3n) is 5.40. The van der Waals surface area contributed by atoms with Crippen LogP contribution < -0.4 is 9.47 Å². The lowest BCUT2D eigenvalue weighted by molar-refractivity contribution is -0.122. The molecule has 1 fully saturated rings. The number of methoxy groups -OCH3 is 1. The normalized spacial score (nSPS) is 14.1. The Morgan fingerprint density at radius 2 is 1.84 bits per heavy atom. The van der Waals surface area contributed by atoms with Crippen LogP contribution in [-0.4, -0.2) is 35.5 Å². The van der Waals surface area contributed by atoms with E-state index in [1.165, 1.54) is 25.3 Å². The molecule has 10 heteroatoms. The standard InChI is InChI=1S/C27H18Cl2N2O5S/c1-35-23-11-16(10-21(29)25(23)36-15-19-5-3-2-4-18(19)13-30)12-24-26(33)31(27(34)37-24)14-22(32)17-6-8-20(28)9-7-17/h2-12H,14-15H2,1H3/b24-12-. The Labute approximate surface area is 227 Å². The predicted octanol–water partition coefficient (Wildman–Crippen LogP) is 6.37. The summed E-state index contributed by atoms with van der Waals surface area (Å²) in [5.41, 5.74) is 2.02. The first kappa shape index (κ1) is 26.3. The van der Waals surface area contributed by atoms with Gasteiger partial charge in [-0.1, -0.05) is 41.4 Å². The summed E-state index contributed by atoms with van der Waals surface area (Å²) >= 11 is 13.0. The fourth-order valence-corrected chi connectivity index (χ4v) is 4.76. The number of halogens is 2. The highest BCUT2D eigenvalue weighted by atomic mass is 35.5. The number of rotatable bonds is 8. The second-order valence-corrected chi connectivity index (χ2v) is 9.63. The van der Waals surface area contributed by atoms with Gasteiger partial charge in [0, 0.05) is 16.1 Å². The molecular formula is C27H18Cl2N2O5S. The van der Waals surface area contributed by atoms with Crippen LogP contribution in [0.25, 0.3) is 6.08 Å². The average Bonchev–Trinajstić information content (AvgIpc) is 3.15. The summed E-state index contributed by atoms with van der Waals surface area (Å²) in [5, 5.41) is 9.42. The van der Waals surface area contributed by atoms with Crippen LogP contribution in [0, 0.1) is 11.3 Å². The van der Waals surface area contributed by atoms with Crippen LogP contribution in [0.15, 0.2) is 65.6 Å². The Morgan fingerprint density at radius 3 is 2.54 bits per heavy atom. The summed E-state index contributed by atoms with van der Waals surface area (Å²) in [4.78, 5) is 39.0. The maximum Gasteiger partial charge on any atom is 0.293 e. The fraction of sp³-hybridized carbons (Fsp3) is 0.111. The largest absolute Gasteiger partial charge is 0.493 e. The number of ether oxygens (including phenoxy) is 2. The number of carbonyl (C=O) groups is 3. The number of nitrogens with zero attached hydrogens (tertiary/aromatic N) is 2. The zero-order chi connectivity index (χ0) is 26.5. The van der Waals surface area contributed by atoms with Crippen molar-refractivity contribution in [2.24, 2.45) is 0 Å². The van der Waals surface area contributed by atoms with E-state index in [0.717, 1.165) is 16.7 Å². The molecule has 0 aliphatic carbocycles. The van der Waals surface area contributed by atoms with Crippen molar-refractivity contribution in [3.8, 4) is 17.6 Å². The first-order valence-electron chi connectivity index (χ1n) is 10.8. The molecule has 186 valence electrons. The molecule has 1 aliphatic rings. The van der Waals surface area contributed by atoms with Crippen molar-refractivity contribution in [3.05, 3.63) is 97.9 Å². The Balaban J connectivity index is 1.52. The van der Waals surface area contributed by atoms with Gasteiger partial charge in [0.1, 0.15) is 6.61 Å². The molecule has 0 bridgehead atoms. The molecule has 1 aliphatic heterocycles. The number of ketones is 1. The molecule has 0 aromatic heterocycles. The molecule has 0 N–H and O–H groups in total. The molecule has 0 unspecified atom stereocenters. The highest BCUT2D eigenvalue weighted by Crippen LogP contribution is 2.39. The zero-order valence-corrected chi connectivity index (χ0v) is 21.7. The Hall–Kier alpha value is -3.77. The summed E-state index contributed by atoms with van der Waals surface area (Å²) in [6, 6.07) is 18.5. The quantitative estimate of drug-likeness (QED) is 0.236. The van der Waals surface area contributed by atoms with Gasteiger partial charge in [0.05, 0.1) is 35.2 Å². The number of amides is 2. The molecule has 1 heterocycles. The van der Waals surface area contributed by atoms with Crippen LogP contribution in [0.5, 0.6) is 11.5 Å². The third-order valence-corrected chi connectivity index (χ3v) is 6.84. The van der Waals surface area contributed by atoms with Crippen LogP contribution in [0.1, 0.15) is 27.0 Å². The summed E-state index contributed by atoms with van der Waals surface area (Å²) in [6.45, 7) is -0.287. The Morgan fingerprint density at radius 1 is 1.11 bits per heavy atom. The average molecular weight is 553 g/mol. The lowest BCUT2D eigenvalue weighted by atomic mass is 10.1. The van der Waals surface area contributed by atoms with E-state index in [1.54, 1.807) is 48.5 Å². The molecule has 0 saturated carbocycles. The van der Waals surface area contributed by atoms with Crippen molar-refractivity contribution >= 4 is 58.0 Å². The van der Waals surface area contributed by atoms with Crippen molar-refractivity contribution in [2.45, 2.75) is 6.61 Å². The zero-order valence-electron chi connectivity index (χ0n) is 19.4. The maximum absolute atomic E-state index is 12.9. The van der Waals surface area contributed by atoms with Gasteiger partial charge in [-0.3, -0.25) is 19.3 Å². The number of hydrogen-bond donors (Lipinski definition) is 0. The van der Waals surface area contributed by atoms with Gasteiger partial charge in [-0.15, -0.1) is 0 Å². The van der Waals surface area contributed by atoms with Gasteiger partial charge in [-0.05, 0) is 65.9 Å². The van der Waals surface area contributed by atoms with Crippen molar-refractivity contribution in [2.75, 3.05) is 13.7 Å². The number of carbonyl (C=O) groups excluding carboxylic acids is 3. The minimum absolute atomic E-state index is 0.0969. The van der Waals surface area contributed by atoms with Gasteiger partial charge < -0.3 is 9.47 Å². The van der Waals surface area contributed by atoms with E-state index >= 15 is 0 Å². The SMILES string of the molecule is COc1cc(/C=C2\SC(=O)N(CC(=O)c3ccc(Cl)cc3)C2=O)cc(Cl)c1OCc1ccccc1C#N. The van der Waals surface area contributed by atoms with Crippen LogP contribution in [0.3, 0.4) is 0 Å². The van der Waals surface area contributed by atoms with E-state index in [9.17, 15) is 19.6 Å². The van der Waals surface area contributed by atoms with Gasteiger partial charge in [0.25, 0.3) is 11.1 Å². The van der Waals surface area contributed by atoms with Crippen LogP contribution in [0.2, 0.25) is 10.0 Å². The molecule has 1 saturated heterocycles. The summed E-state index contributed by atoms with van der Waals surface area (Å²) in [5.74, 6) is -0.383.